The molecule has 0 saturated carbocycles. The second-order valence-corrected chi connectivity index (χ2v) is 5.58. The van der Waals surface area contributed by atoms with E-state index in [-0.39, 0.29) is 17.0 Å². The number of methoxy groups -OCH3 is 1. The topological polar surface area (TPSA) is 113 Å². The van der Waals surface area contributed by atoms with Gasteiger partial charge in [0.15, 0.2) is 5.57 Å². The number of phenolic OH excluding ortho intramolecular Hbond substituents is 1. The molecule has 122 valence electrons. The summed E-state index contributed by atoms with van der Waals surface area (Å²) in [6.07, 6.45) is 0. The zero-order valence-corrected chi connectivity index (χ0v) is 14.6. The zero-order chi connectivity index (χ0) is 18.4. The van der Waals surface area contributed by atoms with E-state index in [1.165, 1.54) is 13.2 Å². The molecule has 7 heteroatoms. The van der Waals surface area contributed by atoms with Crippen LogP contribution in [0.1, 0.15) is 0 Å². The van der Waals surface area contributed by atoms with Crippen molar-refractivity contribution in [1.29, 1.82) is 15.8 Å². The molecule has 25 heavy (non-hydrogen) atoms. The van der Waals surface area contributed by atoms with Crippen LogP contribution in [0.5, 0.6) is 11.5 Å². The fourth-order valence-electron chi connectivity index (χ4n) is 2.21. The number of nitrogens with zero attached hydrogens (tertiary/aromatic N) is 3. The molecule has 0 aliphatic carbocycles. The molecule has 0 spiro atoms. The van der Waals surface area contributed by atoms with E-state index in [1.54, 1.807) is 42.5 Å². The highest BCUT2D eigenvalue weighted by molar-refractivity contribution is 9.10. The first-order chi connectivity index (χ1) is 12.1. The van der Waals surface area contributed by atoms with Crippen LogP contribution >= 0.6 is 15.9 Å². The van der Waals surface area contributed by atoms with Crippen molar-refractivity contribution in [2.24, 2.45) is 0 Å². The molecule has 0 amide bonds. The lowest BCUT2D eigenvalue weighted by atomic mass is 10.0. The Morgan fingerprint density at radius 2 is 1.76 bits per heavy atom. The molecule has 0 saturated heterocycles. The van der Waals surface area contributed by atoms with Gasteiger partial charge in [0, 0.05) is 10.0 Å². The normalized spacial score (nSPS) is 9.24. The Kier molecular flexibility index (Phi) is 5.63. The minimum absolute atomic E-state index is 0.0187. The van der Waals surface area contributed by atoms with Gasteiger partial charge in [-0.1, -0.05) is 18.2 Å². The SMILES string of the molecule is COc1ccc(Br)c(NC(C#N)=C(C#N)C#N)c1-c1ccccc1O. The van der Waals surface area contributed by atoms with E-state index < -0.39 is 0 Å². The first kappa shape index (κ1) is 17.9. The lowest BCUT2D eigenvalue weighted by Gasteiger charge is -2.18. The third kappa shape index (κ3) is 3.55. The van der Waals surface area contributed by atoms with E-state index in [1.807, 2.05) is 6.07 Å². The van der Waals surface area contributed by atoms with Gasteiger partial charge in [-0.3, -0.25) is 0 Å². The van der Waals surface area contributed by atoms with Gasteiger partial charge in [-0.25, -0.2) is 0 Å². The number of ether oxygens (including phenoxy) is 1. The van der Waals surface area contributed by atoms with E-state index in [2.05, 4.69) is 21.2 Å². The Morgan fingerprint density at radius 1 is 1.08 bits per heavy atom. The van der Waals surface area contributed by atoms with Crippen LogP contribution in [0.25, 0.3) is 11.1 Å². The minimum atomic E-state index is -0.347. The van der Waals surface area contributed by atoms with Crippen molar-refractivity contribution >= 4 is 21.6 Å². The van der Waals surface area contributed by atoms with Crippen molar-refractivity contribution in [1.82, 2.24) is 0 Å². The summed E-state index contributed by atoms with van der Waals surface area (Å²) in [5.74, 6) is 0.463. The number of halogens is 1. The molecule has 0 atom stereocenters. The van der Waals surface area contributed by atoms with Gasteiger partial charge < -0.3 is 15.2 Å². The predicted molar refractivity (Wildman–Crippen MR) is 95.3 cm³/mol. The highest BCUT2D eigenvalue weighted by Crippen LogP contribution is 2.45. The van der Waals surface area contributed by atoms with Crippen LogP contribution in [0.3, 0.4) is 0 Å². The van der Waals surface area contributed by atoms with E-state index in [4.69, 9.17) is 15.3 Å². The molecule has 2 aromatic rings. The largest absolute Gasteiger partial charge is 0.507 e. The van der Waals surface area contributed by atoms with Crippen LogP contribution < -0.4 is 10.1 Å². The standard InChI is InChI=1S/C18H11BrN4O2/c1-25-16-7-6-13(19)18(23-14(10-22)11(8-20)9-21)17(16)12-4-2-3-5-15(12)24/h2-7,23-24H,1H3. The zero-order valence-electron chi connectivity index (χ0n) is 13.0. The number of allylic oxidation sites excluding steroid dienone is 2. The summed E-state index contributed by atoms with van der Waals surface area (Å²) in [5, 5.41) is 40.3. The van der Waals surface area contributed by atoms with E-state index in [0.717, 1.165) is 0 Å². The maximum Gasteiger partial charge on any atom is 0.163 e. The van der Waals surface area contributed by atoms with Gasteiger partial charge in [-0.2, -0.15) is 15.8 Å². The van der Waals surface area contributed by atoms with E-state index in [9.17, 15) is 10.4 Å². The fraction of sp³-hybridized carbons (Fsp3) is 0.0556. The monoisotopic (exact) mass is 394 g/mol. The molecule has 0 aliphatic rings. The second-order valence-electron chi connectivity index (χ2n) is 4.73. The maximum absolute atomic E-state index is 10.2. The number of anilines is 1. The molecule has 2 N–H and O–H groups in total. The molecule has 0 bridgehead atoms. The number of aromatic hydroxyl groups is 1. The number of phenols is 1. The Bertz CT molecular complexity index is 962. The fourth-order valence-corrected chi connectivity index (χ4v) is 2.64. The molecule has 0 unspecified atom stereocenters. The summed E-state index contributed by atoms with van der Waals surface area (Å²) in [6, 6.07) is 15.2. The van der Waals surface area contributed by atoms with E-state index in [0.29, 0.717) is 27.0 Å². The maximum atomic E-state index is 10.2. The van der Waals surface area contributed by atoms with E-state index >= 15 is 0 Å². The van der Waals surface area contributed by atoms with Crippen LogP contribution in [-0.2, 0) is 0 Å². The number of nitrogens with one attached hydrogen (secondary N) is 1. The quantitative estimate of drug-likeness (QED) is 0.755. The van der Waals surface area contributed by atoms with Crippen molar-refractivity contribution in [2.45, 2.75) is 0 Å². The Balaban J connectivity index is 2.78. The number of rotatable bonds is 4. The molecule has 2 aromatic carbocycles. The molecule has 2 rings (SSSR count). The van der Waals surface area contributed by atoms with Crippen LogP contribution in [0.2, 0.25) is 0 Å². The van der Waals surface area contributed by atoms with Crippen molar-refractivity contribution < 1.29 is 9.84 Å². The van der Waals surface area contributed by atoms with Crippen LogP contribution in [-0.4, -0.2) is 12.2 Å². The first-order valence-corrected chi connectivity index (χ1v) is 7.73. The average molecular weight is 395 g/mol. The number of hydrogen-bond acceptors (Lipinski definition) is 6. The lowest BCUT2D eigenvalue weighted by molar-refractivity contribution is 0.416. The van der Waals surface area contributed by atoms with Crippen molar-refractivity contribution in [3.8, 4) is 40.8 Å². The summed E-state index contributed by atoms with van der Waals surface area (Å²) in [4.78, 5) is 0. The van der Waals surface area contributed by atoms with Crippen molar-refractivity contribution in [3.05, 3.63) is 52.1 Å². The summed E-state index contributed by atoms with van der Waals surface area (Å²) in [6.45, 7) is 0. The molecule has 0 heterocycles. The van der Waals surface area contributed by atoms with Gasteiger partial charge in [-0.05, 0) is 34.1 Å². The summed E-state index contributed by atoms with van der Waals surface area (Å²) in [7, 11) is 1.48. The van der Waals surface area contributed by atoms with Crippen molar-refractivity contribution in [3.63, 3.8) is 0 Å². The first-order valence-electron chi connectivity index (χ1n) is 6.93. The number of benzene rings is 2. The molecular weight excluding hydrogens is 384 g/mol. The van der Waals surface area contributed by atoms with Crippen LogP contribution in [0.15, 0.2) is 52.1 Å². The van der Waals surface area contributed by atoms with Gasteiger partial charge >= 0.3 is 0 Å². The van der Waals surface area contributed by atoms with Crippen LogP contribution in [0.4, 0.5) is 5.69 Å². The Labute approximate surface area is 152 Å². The Hall–Kier alpha value is -3.47. The Morgan fingerprint density at radius 3 is 2.32 bits per heavy atom. The predicted octanol–water partition coefficient (Wildman–Crippen LogP) is 4.07. The van der Waals surface area contributed by atoms with Gasteiger partial charge in [-0.15, -0.1) is 0 Å². The third-order valence-electron chi connectivity index (χ3n) is 3.34. The molecule has 0 fully saturated rings. The van der Waals surface area contributed by atoms with Gasteiger partial charge in [0.2, 0.25) is 0 Å². The lowest BCUT2D eigenvalue weighted by Crippen LogP contribution is -2.04. The highest BCUT2D eigenvalue weighted by Gasteiger charge is 2.19. The molecule has 0 aromatic heterocycles. The second kappa shape index (κ2) is 7.88. The average Bonchev–Trinajstić information content (AvgIpc) is 2.63. The summed E-state index contributed by atoms with van der Waals surface area (Å²) in [5.41, 5.74) is 0.797. The number of para-hydroxylation sites is 1. The smallest absolute Gasteiger partial charge is 0.163 e. The van der Waals surface area contributed by atoms with Gasteiger partial charge in [0.25, 0.3) is 0 Å². The highest BCUT2D eigenvalue weighted by atomic mass is 79.9. The minimum Gasteiger partial charge on any atom is -0.507 e. The third-order valence-corrected chi connectivity index (χ3v) is 4.01. The number of nitriles is 3. The van der Waals surface area contributed by atoms with Crippen LogP contribution in [0, 0.1) is 34.0 Å². The molecule has 0 aliphatic heterocycles. The van der Waals surface area contributed by atoms with Gasteiger partial charge in [0.1, 0.15) is 35.4 Å². The number of hydrogen-bond donors (Lipinski definition) is 2. The molecule has 6 nitrogen and oxygen atoms in total. The summed E-state index contributed by atoms with van der Waals surface area (Å²) >= 11 is 3.39. The van der Waals surface area contributed by atoms with Crippen molar-refractivity contribution in [2.75, 3.05) is 12.4 Å². The molecular formula is C18H11BrN4O2. The van der Waals surface area contributed by atoms with Gasteiger partial charge in [0.05, 0.1) is 18.4 Å². The summed E-state index contributed by atoms with van der Waals surface area (Å²) < 4.78 is 5.94. The molecule has 0 radical (unpaired) electrons.